The molecule has 0 unspecified atom stereocenters. The predicted molar refractivity (Wildman–Crippen MR) is 75.7 cm³/mol. The number of ether oxygens (including phenoxy) is 2. The van der Waals surface area contributed by atoms with Crippen LogP contribution in [0.1, 0.15) is 26.7 Å². The second-order valence-electron chi connectivity index (χ2n) is 6.38. The molecule has 0 aromatic heterocycles. The maximum atomic E-state index is 10.2. The van der Waals surface area contributed by atoms with E-state index in [1.807, 2.05) is 13.8 Å². The highest BCUT2D eigenvalue weighted by Crippen LogP contribution is 2.21. The van der Waals surface area contributed by atoms with E-state index >= 15 is 0 Å². The van der Waals surface area contributed by atoms with Crippen LogP contribution in [-0.2, 0) is 9.47 Å². The summed E-state index contributed by atoms with van der Waals surface area (Å²) in [5, 5.41) is 27.1. The second kappa shape index (κ2) is 6.68. The Hall–Kier alpha value is -0.240. The van der Waals surface area contributed by atoms with Crippen molar-refractivity contribution < 1.29 is 19.7 Å². The van der Waals surface area contributed by atoms with Crippen LogP contribution < -0.4 is 10.6 Å². The number of hydrogen-bond acceptors (Lipinski definition) is 6. The Kier molecular flexibility index (Phi) is 5.39. The molecule has 0 amide bonds. The highest BCUT2D eigenvalue weighted by Gasteiger charge is 2.36. The zero-order valence-electron chi connectivity index (χ0n) is 12.5. The molecular weight excluding hydrogens is 260 g/mol. The van der Waals surface area contributed by atoms with Crippen molar-refractivity contribution in [3.05, 3.63) is 0 Å². The van der Waals surface area contributed by atoms with E-state index in [2.05, 4.69) is 10.6 Å². The predicted octanol–water partition coefficient (Wildman–Crippen LogP) is -0.755. The van der Waals surface area contributed by atoms with E-state index < -0.39 is 11.2 Å². The van der Waals surface area contributed by atoms with Crippen LogP contribution in [0.15, 0.2) is 0 Å². The molecule has 0 aliphatic carbocycles. The summed E-state index contributed by atoms with van der Waals surface area (Å²) < 4.78 is 10.8. The van der Waals surface area contributed by atoms with Crippen LogP contribution in [0.5, 0.6) is 0 Å². The zero-order valence-corrected chi connectivity index (χ0v) is 12.5. The molecule has 0 saturated carbocycles. The maximum Gasteiger partial charge on any atom is 0.0816 e. The molecule has 4 atom stereocenters. The van der Waals surface area contributed by atoms with E-state index in [-0.39, 0.29) is 12.1 Å². The monoisotopic (exact) mass is 288 g/mol. The Bertz CT molecular complexity index is 280. The van der Waals surface area contributed by atoms with Gasteiger partial charge in [0.1, 0.15) is 0 Å². The summed E-state index contributed by atoms with van der Waals surface area (Å²) >= 11 is 0. The number of rotatable bonds is 5. The van der Waals surface area contributed by atoms with Crippen LogP contribution in [0.3, 0.4) is 0 Å². The van der Waals surface area contributed by atoms with E-state index in [0.29, 0.717) is 39.3 Å². The first-order valence-corrected chi connectivity index (χ1v) is 7.49. The van der Waals surface area contributed by atoms with Gasteiger partial charge in [-0.2, -0.15) is 0 Å². The summed E-state index contributed by atoms with van der Waals surface area (Å²) in [4.78, 5) is 0. The van der Waals surface area contributed by atoms with E-state index in [1.54, 1.807) is 0 Å². The molecular formula is C14H28N2O4. The molecule has 20 heavy (non-hydrogen) atoms. The molecule has 2 aliphatic heterocycles. The summed E-state index contributed by atoms with van der Waals surface area (Å²) in [6.45, 7) is 7.44. The molecule has 118 valence electrons. The average Bonchev–Trinajstić information content (AvgIpc) is 2.37. The molecule has 2 fully saturated rings. The minimum absolute atomic E-state index is 0.0406. The normalized spacial score (nSPS) is 42.6. The van der Waals surface area contributed by atoms with Crippen molar-refractivity contribution in [1.82, 2.24) is 10.6 Å². The average molecular weight is 288 g/mol. The third-order valence-corrected chi connectivity index (χ3v) is 4.48. The smallest absolute Gasteiger partial charge is 0.0816 e. The third-order valence-electron chi connectivity index (χ3n) is 4.48. The number of nitrogens with one attached hydrogen (secondary N) is 2. The summed E-state index contributed by atoms with van der Waals surface area (Å²) in [6, 6.07) is -0.0812. The first-order chi connectivity index (χ1) is 9.42. The summed E-state index contributed by atoms with van der Waals surface area (Å²) in [5.41, 5.74) is -1.42. The molecule has 2 saturated heterocycles. The van der Waals surface area contributed by atoms with Crippen LogP contribution >= 0.6 is 0 Å². The van der Waals surface area contributed by atoms with Gasteiger partial charge < -0.3 is 30.3 Å². The van der Waals surface area contributed by atoms with Gasteiger partial charge in [-0.25, -0.2) is 0 Å². The van der Waals surface area contributed by atoms with Gasteiger partial charge in [0.2, 0.25) is 0 Å². The van der Waals surface area contributed by atoms with Gasteiger partial charge in [0.25, 0.3) is 0 Å². The molecule has 2 rings (SSSR count). The summed E-state index contributed by atoms with van der Waals surface area (Å²) in [6.07, 6.45) is 1.31. The Morgan fingerprint density at radius 2 is 1.30 bits per heavy atom. The van der Waals surface area contributed by atoms with Crippen LogP contribution in [-0.4, -0.2) is 73.0 Å². The lowest BCUT2D eigenvalue weighted by Gasteiger charge is -2.39. The van der Waals surface area contributed by atoms with Crippen LogP contribution in [0.4, 0.5) is 0 Å². The Morgan fingerprint density at radius 1 is 0.900 bits per heavy atom. The third kappa shape index (κ3) is 4.13. The molecule has 0 radical (unpaired) electrons. The van der Waals surface area contributed by atoms with E-state index in [4.69, 9.17) is 9.47 Å². The lowest BCUT2D eigenvalue weighted by Crippen LogP contribution is -2.58. The highest BCUT2D eigenvalue weighted by molar-refractivity contribution is 4.92. The van der Waals surface area contributed by atoms with Gasteiger partial charge in [-0.1, -0.05) is 0 Å². The van der Waals surface area contributed by atoms with Gasteiger partial charge in [-0.3, -0.25) is 0 Å². The van der Waals surface area contributed by atoms with E-state index in [0.717, 1.165) is 13.1 Å². The number of aliphatic hydroxyl groups is 2. The molecule has 2 heterocycles. The van der Waals surface area contributed by atoms with Gasteiger partial charge >= 0.3 is 0 Å². The van der Waals surface area contributed by atoms with Crippen LogP contribution in [0.25, 0.3) is 0 Å². The number of hydrogen-bond donors (Lipinski definition) is 4. The van der Waals surface area contributed by atoms with Crippen LogP contribution in [0.2, 0.25) is 0 Å². The lowest BCUT2D eigenvalue weighted by molar-refractivity contribution is -0.0833. The molecule has 4 N–H and O–H groups in total. The SMILES string of the molecule is C[C@@]1(O)CCOC[C@@H]1NCCN[C@@H]1COCC[C@@]1(C)O. The van der Waals surface area contributed by atoms with E-state index in [9.17, 15) is 10.2 Å². The molecule has 0 spiro atoms. The standard InChI is InChI=1S/C14H28N2O4/c1-13(17)3-7-19-9-11(13)15-5-6-16-12-10-20-8-4-14(12,2)18/h11-12,15-18H,3-10H2,1-2H3/t11-,12+,13-,14-/m1/s1. The molecule has 0 aromatic carbocycles. The summed E-state index contributed by atoms with van der Waals surface area (Å²) in [7, 11) is 0. The van der Waals surface area contributed by atoms with Crippen molar-refractivity contribution in [1.29, 1.82) is 0 Å². The molecule has 0 bridgehead atoms. The molecule has 0 aromatic rings. The van der Waals surface area contributed by atoms with Crippen molar-refractivity contribution in [2.24, 2.45) is 0 Å². The van der Waals surface area contributed by atoms with Crippen molar-refractivity contribution in [3.63, 3.8) is 0 Å². The fourth-order valence-corrected chi connectivity index (χ4v) is 2.72. The van der Waals surface area contributed by atoms with Gasteiger partial charge in [0.15, 0.2) is 0 Å². The van der Waals surface area contributed by atoms with Crippen molar-refractivity contribution >= 4 is 0 Å². The first kappa shape index (κ1) is 16.1. The Labute approximate surface area is 120 Å². The fraction of sp³-hybridized carbons (Fsp3) is 1.00. The van der Waals surface area contributed by atoms with Crippen LogP contribution in [0, 0.1) is 0 Å². The minimum Gasteiger partial charge on any atom is -0.388 e. The van der Waals surface area contributed by atoms with Crippen molar-refractivity contribution in [2.45, 2.75) is 50.0 Å². The summed E-state index contributed by atoms with van der Waals surface area (Å²) in [5.74, 6) is 0. The molecule has 6 nitrogen and oxygen atoms in total. The minimum atomic E-state index is -0.711. The van der Waals surface area contributed by atoms with Crippen molar-refractivity contribution in [2.75, 3.05) is 39.5 Å². The topological polar surface area (TPSA) is 83.0 Å². The molecule has 6 heteroatoms. The fourth-order valence-electron chi connectivity index (χ4n) is 2.72. The lowest BCUT2D eigenvalue weighted by atomic mass is 9.91. The highest BCUT2D eigenvalue weighted by atomic mass is 16.5. The first-order valence-electron chi connectivity index (χ1n) is 7.49. The zero-order chi connectivity index (χ0) is 14.6. The molecule has 2 aliphatic rings. The quantitative estimate of drug-likeness (QED) is 0.498. The van der Waals surface area contributed by atoms with Gasteiger partial charge in [0, 0.05) is 39.1 Å². The Morgan fingerprint density at radius 3 is 1.65 bits per heavy atom. The Balaban J connectivity index is 1.68. The van der Waals surface area contributed by atoms with E-state index in [1.165, 1.54) is 0 Å². The van der Waals surface area contributed by atoms with Gasteiger partial charge in [0.05, 0.1) is 36.5 Å². The second-order valence-corrected chi connectivity index (χ2v) is 6.38. The van der Waals surface area contributed by atoms with Gasteiger partial charge in [-0.05, 0) is 13.8 Å². The van der Waals surface area contributed by atoms with Crippen molar-refractivity contribution in [3.8, 4) is 0 Å². The largest absolute Gasteiger partial charge is 0.388 e. The maximum absolute atomic E-state index is 10.2. The van der Waals surface area contributed by atoms with Gasteiger partial charge in [-0.15, -0.1) is 0 Å².